The van der Waals surface area contributed by atoms with Gasteiger partial charge in [0.2, 0.25) is 5.88 Å². The van der Waals surface area contributed by atoms with Gasteiger partial charge in [0.15, 0.2) is 17.5 Å². The van der Waals surface area contributed by atoms with Crippen molar-refractivity contribution in [2.24, 2.45) is 0 Å². The topological polar surface area (TPSA) is 109 Å². The second-order valence-electron chi connectivity index (χ2n) is 9.70. The highest BCUT2D eigenvalue weighted by atomic mass is 32.1. The molecule has 9 nitrogen and oxygen atoms in total. The molecule has 1 aliphatic heterocycles. The molecule has 0 saturated carbocycles. The standard InChI is InChI=1S/C28H26F3N5O4S/c1-6-21-33-23-18(24(34-21)40-14-22(37)39-5)10-17(12-20(23)29)36-26(41)35(25(38)27(36,3)4)16-9-8-15(13-32)19(11-16)28(30,31)7-2/h8-12H,6-7,14H2,1-5H3. The average Bonchev–Trinajstić information content (AvgIpc) is 3.13. The second kappa shape index (κ2) is 10.9. The number of hydrogen-bond donors (Lipinski definition) is 0. The third-order valence-corrected chi connectivity index (χ3v) is 7.13. The van der Waals surface area contributed by atoms with E-state index in [9.17, 15) is 23.6 Å². The Morgan fingerprint density at radius 1 is 1.17 bits per heavy atom. The van der Waals surface area contributed by atoms with E-state index in [0.717, 1.165) is 17.0 Å². The molecule has 2 heterocycles. The Hall–Kier alpha value is -4.31. The Labute approximate surface area is 239 Å². The van der Waals surface area contributed by atoms with E-state index in [4.69, 9.17) is 17.0 Å². The zero-order chi connectivity index (χ0) is 30.3. The maximum absolute atomic E-state index is 15.5. The number of carbonyl (C=O) groups excluding carboxylic acids is 2. The molecule has 0 unspecified atom stereocenters. The molecule has 1 amide bonds. The summed E-state index contributed by atoms with van der Waals surface area (Å²) in [4.78, 5) is 36.4. The molecule has 2 aromatic carbocycles. The number of thiocarbonyl (C=S) groups is 1. The molecule has 0 N–H and O–H groups in total. The van der Waals surface area contributed by atoms with Crippen LogP contribution in [0.15, 0.2) is 30.3 Å². The molecular weight excluding hydrogens is 559 g/mol. The summed E-state index contributed by atoms with van der Waals surface area (Å²) >= 11 is 5.65. The fraction of sp³-hybridized carbons (Fsp3) is 0.357. The van der Waals surface area contributed by atoms with Crippen LogP contribution in [0.2, 0.25) is 0 Å². The molecule has 1 fully saturated rings. The van der Waals surface area contributed by atoms with Gasteiger partial charge < -0.3 is 14.4 Å². The van der Waals surface area contributed by atoms with Gasteiger partial charge in [0, 0.05) is 24.1 Å². The highest BCUT2D eigenvalue weighted by Gasteiger charge is 2.51. The molecule has 0 bridgehead atoms. The first kappa shape index (κ1) is 29.7. The maximum Gasteiger partial charge on any atom is 0.343 e. The minimum Gasteiger partial charge on any atom is -0.466 e. The Bertz CT molecular complexity index is 1620. The molecule has 13 heteroatoms. The van der Waals surface area contributed by atoms with Gasteiger partial charge in [0.25, 0.3) is 11.8 Å². The molecule has 1 aromatic heterocycles. The molecule has 0 spiro atoms. The molecule has 214 valence electrons. The zero-order valence-corrected chi connectivity index (χ0v) is 23.7. The number of halogens is 3. The summed E-state index contributed by atoms with van der Waals surface area (Å²) in [6.45, 7) is 5.68. The summed E-state index contributed by atoms with van der Waals surface area (Å²) in [5, 5.41) is 9.40. The predicted octanol–water partition coefficient (Wildman–Crippen LogP) is 5.17. The molecule has 4 rings (SSSR count). The SMILES string of the molecule is CCc1nc(OCC(=O)OC)c2cc(N3C(=S)N(c4ccc(C#N)c(C(F)(F)CC)c4)C(=O)C3(C)C)cc(F)c2n1. The van der Waals surface area contributed by atoms with Gasteiger partial charge in [0.05, 0.1) is 29.8 Å². The normalized spacial score (nSPS) is 14.9. The van der Waals surface area contributed by atoms with Crippen LogP contribution in [0.1, 0.15) is 51.1 Å². The van der Waals surface area contributed by atoms with Crippen molar-refractivity contribution in [2.45, 2.75) is 52.0 Å². The highest BCUT2D eigenvalue weighted by Crippen LogP contribution is 2.41. The van der Waals surface area contributed by atoms with Gasteiger partial charge in [-0.15, -0.1) is 0 Å². The number of rotatable bonds is 8. The Morgan fingerprint density at radius 2 is 1.88 bits per heavy atom. The van der Waals surface area contributed by atoms with Crippen molar-refractivity contribution in [3.05, 3.63) is 53.1 Å². The van der Waals surface area contributed by atoms with Crippen molar-refractivity contribution < 1.29 is 32.2 Å². The molecule has 1 aliphatic rings. The predicted molar refractivity (Wildman–Crippen MR) is 148 cm³/mol. The summed E-state index contributed by atoms with van der Waals surface area (Å²) in [6.07, 6.45) is -0.193. The number of benzene rings is 2. The van der Waals surface area contributed by atoms with E-state index in [1.807, 2.05) is 0 Å². The lowest BCUT2D eigenvalue weighted by Gasteiger charge is -2.29. The number of carbonyl (C=O) groups is 2. The monoisotopic (exact) mass is 585 g/mol. The number of methoxy groups -OCH3 is 1. The number of anilines is 2. The lowest BCUT2D eigenvalue weighted by atomic mass is 9.98. The second-order valence-corrected chi connectivity index (χ2v) is 10.1. The van der Waals surface area contributed by atoms with Crippen LogP contribution in [-0.4, -0.2) is 46.2 Å². The molecule has 0 aliphatic carbocycles. The highest BCUT2D eigenvalue weighted by molar-refractivity contribution is 7.81. The van der Waals surface area contributed by atoms with Crippen LogP contribution < -0.4 is 14.5 Å². The maximum atomic E-state index is 15.5. The Morgan fingerprint density at radius 3 is 2.49 bits per heavy atom. The van der Waals surface area contributed by atoms with Crippen molar-refractivity contribution in [3.8, 4) is 11.9 Å². The van der Waals surface area contributed by atoms with E-state index in [1.54, 1.807) is 26.8 Å². The van der Waals surface area contributed by atoms with Crippen molar-refractivity contribution in [3.63, 3.8) is 0 Å². The van der Waals surface area contributed by atoms with Crippen LogP contribution in [0.4, 0.5) is 24.5 Å². The number of ether oxygens (including phenoxy) is 2. The molecular formula is C28H26F3N5O4S. The lowest BCUT2D eigenvalue weighted by molar-refractivity contribution is -0.143. The fourth-order valence-electron chi connectivity index (χ4n) is 4.49. The first-order chi connectivity index (χ1) is 19.3. The van der Waals surface area contributed by atoms with E-state index in [1.165, 1.54) is 37.1 Å². The van der Waals surface area contributed by atoms with Crippen LogP contribution >= 0.6 is 12.2 Å². The molecule has 0 radical (unpaired) electrons. The number of esters is 1. The summed E-state index contributed by atoms with van der Waals surface area (Å²) in [5.41, 5.74) is -2.02. The van der Waals surface area contributed by atoms with Crippen molar-refractivity contribution in [1.82, 2.24) is 9.97 Å². The van der Waals surface area contributed by atoms with Crippen molar-refractivity contribution >= 4 is 51.5 Å². The van der Waals surface area contributed by atoms with Crippen molar-refractivity contribution in [2.75, 3.05) is 23.5 Å². The number of alkyl halides is 2. The number of hydrogen-bond acceptors (Lipinski definition) is 8. The number of amides is 1. The largest absolute Gasteiger partial charge is 0.466 e. The number of nitriles is 1. The average molecular weight is 586 g/mol. The van der Waals surface area contributed by atoms with Crippen molar-refractivity contribution in [1.29, 1.82) is 5.26 Å². The van der Waals surface area contributed by atoms with Gasteiger partial charge in [-0.25, -0.2) is 22.9 Å². The van der Waals surface area contributed by atoms with Gasteiger partial charge >= 0.3 is 5.97 Å². The van der Waals surface area contributed by atoms with Gasteiger partial charge in [-0.2, -0.15) is 10.2 Å². The number of nitrogens with zero attached hydrogens (tertiary/aromatic N) is 5. The van der Waals surface area contributed by atoms with Crippen LogP contribution in [0, 0.1) is 17.1 Å². The van der Waals surface area contributed by atoms with E-state index in [2.05, 4.69) is 14.7 Å². The number of aryl methyl sites for hydroxylation is 1. The number of fused-ring (bicyclic) bond motifs is 1. The fourth-order valence-corrected chi connectivity index (χ4v) is 5.02. The summed E-state index contributed by atoms with van der Waals surface area (Å²) < 4.78 is 55.1. The van der Waals surface area contributed by atoms with Gasteiger partial charge in [-0.1, -0.05) is 13.8 Å². The van der Waals surface area contributed by atoms with Gasteiger partial charge in [0.1, 0.15) is 16.9 Å². The number of aromatic nitrogens is 2. The van der Waals surface area contributed by atoms with E-state index >= 15 is 4.39 Å². The first-order valence-corrected chi connectivity index (χ1v) is 13.0. The minimum atomic E-state index is -3.32. The van der Waals surface area contributed by atoms with Gasteiger partial charge in [-0.3, -0.25) is 9.69 Å². The third kappa shape index (κ3) is 5.15. The lowest BCUT2D eigenvalue weighted by Crippen LogP contribution is -2.44. The summed E-state index contributed by atoms with van der Waals surface area (Å²) in [6, 6.07) is 8.04. The minimum absolute atomic E-state index is 0.0389. The Kier molecular flexibility index (Phi) is 7.91. The van der Waals surface area contributed by atoms with Crippen LogP contribution in [-0.2, 0) is 26.7 Å². The Balaban J connectivity index is 1.85. The van der Waals surface area contributed by atoms with Crippen LogP contribution in [0.25, 0.3) is 10.9 Å². The smallest absolute Gasteiger partial charge is 0.343 e. The summed E-state index contributed by atoms with van der Waals surface area (Å²) in [7, 11) is 1.19. The van der Waals surface area contributed by atoms with E-state index in [0.29, 0.717) is 6.42 Å². The van der Waals surface area contributed by atoms with E-state index < -0.39 is 47.7 Å². The van der Waals surface area contributed by atoms with Crippen LogP contribution in [0.3, 0.4) is 0 Å². The van der Waals surface area contributed by atoms with Crippen LogP contribution in [0.5, 0.6) is 5.88 Å². The van der Waals surface area contributed by atoms with E-state index in [-0.39, 0.29) is 44.7 Å². The summed E-state index contributed by atoms with van der Waals surface area (Å²) in [5.74, 6) is -5.10. The molecule has 1 saturated heterocycles. The van der Waals surface area contributed by atoms with Gasteiger partial charge in [-0.05, 0) is 56.4 Å². The molecule has 0 atom stereocenters. The zero-order valence-electron chi connectivity index (χ0n) is 22.9. The quantitative estimate of drug-likeness (QED) is 0.261. The molecule has 3 aromatic rings. The molecule has 41 heavy (non-hydrogen) atoms. The third-order valence-electron chi connectivity index (χ3n) is 6.77. The first-order valence-electron chi connectivity index (χ1n) is 12.6.